The lowest BCUT2D eigenvalue weighted by Crippen LogP contribution is -2.42. The summed E-state index contributed by atoms with van der Waals surface area (Å²) in [6, 6.07) is 3.94. The average Bonchev–Trinajstić information content (AvgIpc) is 2.94. The van der Waals surface area contributed by atoms with Crippen molar-refractivity contribution in [3.63, 3.8) is 0 Å². The Balaban J connectivity index is 1.81. The number of ether oxygens (including phenoxy) is 1. The maximum Gasteiger partial charge on any atom is 0.289 e. The molecule has 20 heavy (non-hydrogen) atoms. The van der Waals surface area contributed by atoms with Gasteiger partial charge in [0.15, 0.2) is 5.76 Å². The van der Waals surface area contributed by atoms with Gasteiger partial charge in [0, 0.05) is 18.1 Å². The molecule has 1 saturated heterocycles. The van der Waals surface area contributed by atoms with Crippen molar-refractivity contribution < 1.29 is 13.9 Å². The number of furan rings is 1. The van der Waals surface area contributed by atoms with Crippen LogP contribution in [-0.2, 0) is 9.53 Å². The van der Waals surface area contributed by atoms with Crippen LogP contribution in [0.15, 0.2) is 28.4 Å². The van der Waals surface area contributed by atoms with E-state index in [9.17, 15) is 4.79 Å². The van der Waals surface area contributed by atoms with Crippen LogP contribution >= 0.6 is 11.8 Å². The predicted octanol–water partition coefficient (Wildman–Crippen LogP) is 2.90. The molecule has 1 fully saturated rings. The highest BCUT2D eigenvalue weighted by molar-refractivity contribution is 7.99. The molecule has 0 bridgehead atoms. The first kappa shape index (κ1) is 13.6. The molecule has 1 amide bonds. The Hall–Kier alpha value is -1.36. The van der Waals surface area contributed by atoms with E-state index in [0.29, 0.717) is 12.4 Å². The van der Waals surface area contributed by atoms with Crippen molar-refractivity contribution in [2.24, 2.45) is 0 Å². The molecule has 2 aliphatic rings. The Morgan fingerprint density at radius 3 is 3.05 bits per heavy atom. The monoisotopic (exact) mass is 293 g/mol. The van der Waals surface area contributed by atoms with Crippen molar-refractivity contribution in [2.75, 3.05) is 24.7 Å². The van der Waals surface area contributed by atoms with E-state index in [1.54, 1.807) is 0 Å². The van der Waals surface area contributed by atoms with Gasteiger partial charge in [0.05, 0.1) is 12.6 Å². The first-order valence-corrected chi connectivity index (χ1v) is 8.19. The summed E-state index contributed by atoms with van der Waals surface area (Å²) in [5, 5.41) is 0. The van der Waals surface area contributed by atoms with E-state index in [1.807, 2.05) is 41.8 Å². The van der Waals surface area contributed by atoms with Crippen LogP contribution in [0.2, 0.25) is 0 Å². The first-order chi connectivity index (χ1) is 9.75. The molecule has 3 heterocycles. The summed E-state index contributed by atoms with van der Waals surface area (Å²) in [7, 11) is 0. The van der Waals surface area contributed by atoms with Crippen LogP contribution in [-0.4, -0.2) is 35.5 Å². The number of thioether (sulfide) groups is 1. The molecule has 1 aromatic heterocycles. The summed E-state index contributed by atoms with van der Waals surface area (Å²) in [5.41, 5.74) is 0. The SMILES string of the molecule is Cc1ccc(C2CSCCN2C(=O)C2=CCCCO2)o1. The molecule has 0 spiro atoms. The third kappa shape index (κ3) is 2.73. The zero-order chi connectivity index (χ0) is 13.9. The second-order valence-electron chi connectivity index (χ2n) is 5.10. The Kier molecular flexibility index (Phi) is 4.05. The van der Waals surface area contributed by atoms with Gasteiger partial charge >= 0.3 is 0 Å². The quantitative estimate of drug-likeness (QED) is 0.841. The van der Waals surface area contributed by atoms with Crippen LogP contribution < -0.4 is 0 Å². The summed E-state index contributed by atoms with van der Waals surface area (Å²) < 4.78 is 11.2. The number of carbonyl (C=O) groups excluding carboxylic acids is 1. The number of amides is 1. The van der Waals surface area contributed by atoms with Crippen molar-refractivity contribution in [3.05, 3.63) is 35.5 Å². The molecule has 0 saturated carbocycles. The van der Waals surface area contributed by atoms with Gasteiger partial charge in [-0.25, -0.2) is 0 Å². The van der Waals surface area contributed by atoms with Gasteiger partial charge in [0.2, 0.25) is 0 Å². The number of hydrogen-bond acceptors (Lipinski definition) is 4. The van der Waals surface area contributed by atoms with Gasteiger partial charge < -0.3 is 14.1 Å². The van der Waals surface area contributed by atoms with E-state index in [0.717, 1.165) is 42.4 Å². The second kappa shape index (κ2) is 5.95. The largest absolute Gasteiger partial charge is 0.488 e. The molecule has 0 radical (unpaired) electrons. The number of hydrogen-bond donors (Lipinski definition) is 0. The van der Waals surface area contributed by atoms with E-state index < -0.39 is 0 Å². The van der Waals surface area contributed by atoms with Crippen molar-refractivity contribution in [1.29, 1.82) is 0 Å². The Morgan fingerprint density at radius 2 is 2.35 bits per heavy atom. The number of carbonyl (C=O) groups is 1. The van der Waals surface area contributed by atoms with Crippen LogP contribution in [0.3, 0.4) is 0 Å². The second-order valence-corrected chi connectivity index (χ2v) is 6.25. The molecule has 4 nitrogen and oxygen atoms in total. The predicted molar refractivity (Wildman–Crippen MR) is 78.5 cm³/mol. The molecule has 5 heteroatoms. The number of rotatable bonds is 2. The zero-order valence-electron chi connectivity index (χ0n) is 11.6. The fourth-order valence-corrected chi connectivity index (χ4v) is 3.62. The Labute approximate surface area is 123 Å². The lowest BCUT2D eigenvalue weighted by atomic mass is 10.1. The lowest BCUT2D eigenvalue weighted by molar-refractivity contribution is -0.133. The van der Waals surface area contributed by atoms with E-state index >= 15 is 0 Å². The summed E-state index contributed by atoms with van der Waals surface area (Å²) in [4.78, 5) is 14.5. The van der Waals surface area contributed by atoms with Gasteiger partial charge in [-0.05, 0) is 38.0 Å². The molecule has 1 atom stereocenters. The number of aryl methyl sites for hydroxylation is 1. The summed E-state index contributed by atoms with van der Waals surface area (Å²) in [5.74, 6) is 4.12. The third-order valence-electron chi connectivity index (χ3n) is 3.63. The third-order valence-corrected chi connectivity index (χ3v) is 4.65. The van der Waals surface area contributed by atoms with Gasteiger partial charge in [-0.1, -0.05) is 0 Å². The average molecular weight is 293 g/mol. The molecule has 2 aliphatic heterocycles. The van der Waals surface area contributed by atoms with Crippen LogP contribution in [0.1, 0.15) is 30.4 Å². The van der Waals surface area contributed by atoms with Crippen LogP contribution in [0, 0.1) is 6.92 Å². The maximum absolute atomic E-state index is 12.6. The highest BCUT2D eigenvalue weighted by atomic mass is 32.2. The normalized spacial score (nSPS) is 23.1. The molecule has 108 valence electrons. The van der Waals surface area contributed by atoms with E-state index in [2.05, 4.69) is 0 Å². The summed E-state index contributed by atoms with van der Waals surface area (Å²) in [6.07, 6.45) is 3.83. The van der Waals surface area contributed by atoms with Crippen LogP contribution in [0.4, 0.5) is 0 Å². The van der Waals surface area contributed by atoms with Crippen molar-refractivity contribution in [2.45, 2.75) is 25.8 Å². The minimum Gasteiger partial charge on any atom is -0.488 e. The molecule has 3 rings (SSSR count). The zero-order valence-corrected chi connectivity index (χ0v) is 12.4. The Morgan fingerprint density at radius 1 is 1.45 bits per heavy atom. The van der Waals surface area contributed by atoms with Gasteiger partial charge in [-0.2, -0.15) is 11.8 Å². The molecule has 1 aromatic rings. The van der Waals surface area contributed by atoms with Gasteiger partial charge in [0.25, 0.3) is 5.91 Å². The highest BCUT2D eigenvalue weighted by Crippen LogP contribution is 2.32. The molecule has 0 aliphatic carbocycles. The van der Waals surface area contributed by atoms with Gasteiger partial charge in [0.1, 0.15) is 11.5 Å². The molecule has 1 unspecified atom stereocenters. The molecule has 0 aromatic carbocycles. The topological polar surface area (TPSA) is 42.7 Å². The lowest BCUT2D eigenvalue weighted by Gasteiger charge is -2.35. The fourth-order valence-electron chi connectivity index (χ4n) is 2.56. The smallest absolute Gasteiger partial charge is 0.289 e. The maximum atomic E-state index is 12.6. The van der Waals surface area contributed by atoms with Crippen molar-refractivity contribution in [3.8, 4) is 0 Å². The van der Waals surface area contributed by atoms with E-state index in [-0.39, 0.29) is 11.9 Å². The standard InChI is InChI=1S/C15H19NO3S/c1-11-5-6-13(19-11)12-10-20-9-7-16(12)15(17)14-4-2-3-8-18-14/h4-6,12H,2-3,7-10H2,1H3. The molecule has 0 N–H and O–H groups in total. The fraction of sp³-hybridized carbons (Fsp3) is 0.533. The minimum atomic E-state index is 0.00375. The van der Waals surface area contributed by atoms with Gasteiger partial charge in [-0.15, -0.1) is 0 Å². The summed E-state index contributed by atoms with van der Waals surface area (Å²) >= 11 is 1.86. The molecular formula is C15H19NO3S. The van der Waals surface area contributed by atoms with Gasteiger partial charge in [-0.3, -0.25) is 4.79 Å². The molecular weight excluding hydrogens is 274 g/mol. The summed E-state index contributed by atoms with van der Waals surface area (Å²) in [6.45, 7) is 3.32. The van der Waals surface area contributed by atoms with E-state index in [4.69, 9.17) is 9.15 Å². The Bertz CT molecular complexity index is 523. The van der Waals surface area contributed by atoms with Crippen LogP contribution in [0.25, 0.3) is 0 Å². The minimum absolute atomic E-state index is 0.00375. The van der Waals surface area contributed by atoms with Crippen molar-refractivity contribution >= 4 is 17.7 Å². The first-order valence-electron chi connectivity index (χ1n) is 7.04. The number of nitrogens with zero attached hydrogens (tertiary/aromatic N) is 1. The number of allylic oxidation sites excluding steroid dienone is 1. The van der Waals surface area contributed by atoms with Crippen molar-refractivity contribution in [1.82, 2.24) is 4.90 Å². The van der Waals surface area contributed by atoms with E-state index in [1.165, 1.54) is 0 Å². The van der Waals surface area contributed by atoms with Crippen LogP contribution in [0.5, 0.6) is 0 Å². The highest BCUT2D eigenvalue weighted by Gasteiger charge is 2.33.